The molecule has 2 aromatic heterocycles. The van der Waals surface area contributed by atoms with E-state index in [1.165, 1.54) is 11.3 Å². The van der Waals surface area contributed by atoms with E-state index in [1.54, 1.807) is 12.4 Å². The van der Waals surface area contributed by atoms with Gasteiger partial charge in [-0.25, -0.2) is 4.98 Å². The monoisotopic (exact) mass is 381 g/mol. The van der Waals surface area contributed by atoms with Gasteiger partial charge in [-0.05, 0) is 31.0 Å². The van der Waals surface area contributed by atoms with Crippen molar-refractivity contribution in [2.24, 2.45) is 0 Å². The number of rotatable bonds is 9. The summed E-state index contributed by atoms with van der Waals surface area (Å²) >= 11 is 1.53. The molecule has 5 nitrogen and oxygen atoms in total. The summed E-state index contributed by atoms with van der Waals surface area (Å²) in [7, 11) is 0. The summed E-state index contributed by atoms with van der Waals surface area (Å²) in [6.45, 7) is 3.24. The molecule has 1 amide bonds. The van der Waals surface area contributed by atoms with Crippen LogP contribution in [0.1, 0.15) is 30.7 Å². The molecule has 0 saturated carbocycles. The second-order valence-electron chi connectivity index (χ2n) is 6.19. The standard InChI is InChI=1S/C21H23N3O2S/c1-16(17-7-3-2-4-8-17)26-12-6-11-23-20(25)13-19-15-27-21(24-19)18-9-5-10-22-14-18/h2-5,7-10,14-16H,6,11-13H2,1H3,(H,23,25). The summed E-state index contributed by atoms with van der Waals surface area (Å²) in [5.74, 6) is -0.0193. The smallest absolute Gasteiger partial charge is 0.226 e. The lowest BCUT2D eigenvalue weighted by Crippen LogP contribution is -2.27. The summed E-state index contributed by atoms with van der Waals surface area (Å²) in [5.41, 5.74) is 2.92. The molecule has 2 heterocycles. The van der Waals surface area contributed by atoms with Gasteiger partial charge in [0.05, 0.1) is 18.2 Å². The Morgan fingerprint density at radius 1 is 1.22 bits per heavy atom. The zero-order chi connectivity index (χ0) is 18.9. The third kappa shape index (κ3) is 5.98. The first-order valence-corrected chi connectivity index (χ1v) is 9.88. The SMILES string of the molecule is CC(OCCCNC(=O)Cc1csc(-c2cccnc2)n1)c1ccccc1. The van der Waals surface area contributed by atoms with Crippen LogP contribution in [0.2, 0.25) is 0 Å². The van der Waals surface area contributed by atoms with Crippen molar-refractivity contribution in [1.29, 1.82) is 0 Å². The molecule has 0 bridgehead atoms. The quantitative estimate of drug-likeness (QED) is 0.568. The van der Waals surface area contributed by atoms with Crippen molar-refractivity contribution in [1.82, 2.24) is 15.3 Å². The van der Waals surface area contributed by atoms with Gasteiger partial charge in [-0.2, -0.15) is 0 Å². The van der Waals surface area contributed by atoms with Gasteiger partial charge in [0, 0.05) is 36.5 Å². The number of hydrogen-bond acceptors (Lipinski definition) is 5. The molecular formula is C21H23N3O2S. The highest BCUT2D eigenvalue weighted by molar-refractivity contribution is 7.13. The second kappa shape index (κ2) is 9.94. The van der Waals surface area contributed by atoms with Crippen molar-refractivity contribution < 1.29 is 9.53 Å². The summed E-state index contributed by atoms with van der Waals surface area (Å²) in [5, 5.41) is 5.73. The van der Waals surface area contributed by atoms with Crippen LogP contribution in [0.5, 0.6) is 0 Å². The number of nitrogens with one attached hydrogen (secondary N) is 1. The molecule has 6 heteroatoms. The molecule has 1 atom stereocenters. The molecule has 0 fully saturated rings. The van der Waals surface area contributed by atoms with Gasteiger partial charge < -0.3 is 10.1 Å². The number of carbonyl (C=O) groups excluding carboxylic acids is 1. The van der Waals surface area contributed by atoms with Crippen LogP contribution in [0.3, 0.4) is 0 Å². The van der Waals surface area contributed by atoms with Crippen LogP contribution in [0.4, 0.5) is 0 Å². The molecular weight excluding hydrogens is 358 g/mol. The van der Waals surface area contributed by atoms with Crippen molar-refractivity contribution >= 4 is 17.2 Å². The number of thiazole rings is 1. The molecule has 1 unspecified atom stereocenters. The number of carbonyl (C=O) groups is 1. The molecule has 0 saturated heterocycles. The van der Waals surface area contributed by atoms with Gasteiger partial charge in [0.1, 0.15) is 5.01 Å². The maximum atomic E-state index is 12.1. The summed E-state index contributed by atoms with van der Waals surface area (Å²) < 4.78 is 5.81. The number of aromatic nitrogens is 2. The van der Waals surface area contributed by atoms with E-state index in [0.717, 1.165) is 28.2 Å². The fourth-order valence-corrected chi connectivity index (χ4v) is 3.43. The Hall–Kier alpha value is -2.57. The Balaban J connectivity index is 1.35. The molecule has 3 rings (SSSR count). The van der Waals surface area contributed by atoms with Crippen LogP contribution in [0.25, 0.3) is 10.6 Å². The van der Waals surface area contributed by atoms with E-state index in [1.807, 2.05) is 42.6 Å². The van der Waals surface area contributed by atoms with Crippen LogP contribution < -0.4 is 5.32 Å². The minimum absolute atomic E-state index is 0.0193. The highest BCUT2D eigenvalue weighted by Gasteiger charge is 2.09. The van der Waals surface area contributed by atoms with Crippen LogP contribution in [0.15, 0.2) is 60.2 Å². The van der Waals surface area contributed by atoms with Crippen molar-refractivity contribution in [3.63, 3.8) is 0 Å². The van der Waals surface area contributed by atoms with Gasteiger partial charge in [0.25, 0.3) is 0 Å². The normalized spacial score (nSPS) is 11.9. The van der Waals surface area contributed by atoms with Crippen LogP contribution in [-0.2, 0) is 16.0 Å². The molecule has 1 N–H and O–H groups in total. The van der Waals surface area contributed by atoms with Crippen LogP contribution >= 0.6 is 11.3 Å². The second-order valence-corrected chi connectivity index (χ2v) is 7.05. The lowest BCUT2D eigenvalue weighted by molar-refractivity contribution is -0.120. The van der Waals surface area contributed by atoms with E-state index in [0.29, 0.717) is 13.2 Å². The predicted molar refractivity (Wildman–Crippen MR) is 107 cm³/mol. The van der Waals surface area contributed by atoms with Crippen molar-refractivity contribution in [3.8, 4) is 10.6 Å². The van der Waals surface area contributed by atoms with E-state index in [-0.39, 0.29) is 18.4 Å². The Morgan fingerprint density at radius 3 is 2.85 bits per heavy atom. The predicted octanol–water partition coefficient (Wildman–Crippen LogP) is 4.03. The van der Waals surface area contributed by atoms with E-state index in [2.05, 4.69) is 27.4 Å². The third-order valence-electron chi connectivity index (χ3n) is 4.08. The molecule has 0 spiro atoms. The largest absolute Gasteiger partial charge is 0.374 e. The van der Waals surface area contributed by atoms with Gasteiger partial charge in [0.2, 0.25) is 5.91 Å². The number of pyridine rings is 1. The summed E-state index contributed by atoms with van der Waals surface area (Å²) in [4.78, 5) is 20.7. The lowest BCUT2D eigenvalue weighted by Gasteiger charge is -2.13. The van der Waals surface area contributed by atoms with Gasteiger partial charge in [-0.15, -0.1) is 11.3 Å². The Labute approximate surface area is 163 Å². The highest BCUT2D eigenvalue weighted by Crippen LogP contribution is 2.22. The maximum Gasteiger partial charge on any atom is 0.226 e. The Kier molecular flexibility index (Phi) is 7.07. The number of hydrogen-bond donors (Lipinski definition) is 1. The summed E-state index contributed by atoms with van der Waals surface area (Å²) in [6.07, 6.45) is 4.64. The van der Waals surface area contributed by atoms with Gasteiger partial charge in [0.15, 0.2) is 0 Å². The van der Waals surface area contributed by atoms with E-state index < -0.39 is 0 Å². The van der Waals surface area contributed by atoms with Crippen molar-refractivity contribution in [3.05, 3.63) is 71.5 Å². The Morgan fingerprint density at radius 2 is 2.07 bits per heavy atom. The van der Waals surface area contributed by atoms with E-state index >= 15 is 0 Å². The van der Waals surface area contributed by atoms with Gasteiger partial charge in [-0.1, -0.05) is 30.3 Å². The number of amides is 1. The molecule has 0 aliphatic rings. The third-order valence-corrected chi connectivity index (χ3v) is 5.02. The fourth-order valence-electron chi connectivity index (χ4n) is 2.62. The molecule has 140 valence electrons. The van der Waals surface area contributed by atoms with Crippen LogP contribution in [0, 0.1) is 0 Å². The minimum Gasteiger partial charge on any atom is -0.374 e. The van der Waals surface area contributed by atoms with Crippen molar-refractivity contribution in [2.75, 3.05) is 13.2 Å². The zero-order valence-corrected chi connectivity index (χ0v) is 16.1. The van der Waals surface area contributed by atoms with Gasteiger partial charge in [-0.3, -0.25) is 9.78 Å². The average Bonchev–Trinajstić information content (AvgIpc) is 3.17. The summed E-state index contributed by atoms with van der Waals surface area (Å²) in [6, 6.07) is 14.0. The Bertz CT molecular complexity index is 837. The van der Waals surface area contributed by atoms with Gasteiger partial charge >= 0.3 is 0 Å². The molecule has 0 aliphatic carbocycles. The molecule has 1 aromatic carbocycles. The fraction of sp³-hybridized carbons (Fsp3) is 0.286. The number of ether oxygens (including phenoxy) is 1. The molecule has 0 aliphatic heterocycles. The molecule has 0 radical (unpaired) electrons. The first-order chi connectivity index (χ1) is 13.2. The minimum atomic E-state index is -0.0193. The molecule has 3 aromatic rings. The topological polar surface area (TPSA) is 64.1 Å². The maximum absolute atomic E-state index is 12.1. The van der Waals surface area contributed by atoms with E-state index in [4.69, 9.17) is 4.74 Å². The number of nitrogens with zero attached hydrogens (tertiary/aromatic N) is 2. The molecule has 27 heavy (non-hydrogen) atoms. The lowest BCUT2D eigenvalue weighted by atomic mass is 10.1. The first kappa shape index (κ1) is 19.2. The van der Waals surface area contributed by atoms with Crippen LogP contribution in [-0.4, -0.2) is 29.0 Å². The van der Waals surface area contributed by atoms with E-state index in [9.17, 15) is 4.79 Å². The average molecular weight is 382 g/mol. The van der Waals surface area contributed by atoms with Crippen molar-refractivity contribution in [2.45, 2.75) is 25.9 Å². The zero-order valence-electron chi connectivity index (χ0n) is 15.3. The highest BCUT2D eigenvalue weighted by atomic mass is 32.1. The number of benzene rings is 1. The first-order valence-electron chi connectivity index (χ1n) is 9.00.